The van der Waals surface area contributed by atoms with Crippen molar-refractivity contribution >= 4 is 38.1 Å². The first-order chi connectivity index (χ1) is 15.9. The molecule has 33 heavy (non-hydrogen) atoms. The first-order valence-electron chi connectivity index (χ1n) is 10.3. The highest BCUT2D eigenvalue weighted by Crippen LogP contribution is 2.36. The molecule has 2 aromatic carbocycles. The first kappa shape index (κ1) is 21.3. The summed E-state index contributed by atoms with van der Waals surface area (Å²) in [7, 11) is -3.83. The van der Waals surface area contributed by atoms with Crippen molar-refractivity contribution in [1.82, 2.24) is 9.97 Å². The second-order valence-corrected chi connectivity index (χ2v) is 10.4. The van der Waals surface area contributed by atoms with Gasteiger partial charge in [-0.2, -0.15) is 0 Å². The number of amides is 1. The molecule has 1 aliphatic rings. The second-order valence-electron chi connectivity index (χ2n) is 7.74. The number of carbonyl (C=O) groups excluding carboxylic acids is 1. The molecule has 5 rings (SSSR count). The van der Waals surface area contributed by atoms with E-state index in [4.69, 9.17) is 0 Å². The number of carbonyl (C=O) groups is 1. The number of pyridine rings is 1. The van der Waals surface area contributed by atoms with E-state index >= 15 is 0 Å². The van der Waals surface area contributed by atoms with Crippen LogP contribution in [0.1, 0.15) is 22.8 Å². The topological polar surface area (TPSA) is 92.3 Å². The minimum Gasteiger partial charge on any atom is -0.298 e. The molecule has 0 aliphatic carbocycles. The van der Waals surface area contributed by atoms with Crippen LogP contribution in [0.4, 0.5) is 10.8 Å². The summed E-state index contributed by atoms with van der Waals surface area (Å²) in [5.41, 5.74) is 3.56. The lowest BCUT2D eigenvalue weighted by molar-refractivity contribution is 0.102. The van der Waals surface area contributed by atoms with Crippen LogP contribution < -0.4 is 9.62 Å². The van der Waals surface area contributed by atoms with E-state index in [1.165, 1.54) is 27.8 Å². The standard InChI is InChI=1S/C24H20N4O3S2/c1-16-13-18-5-2-3-8-22(18)28(16)33(30,31)20-7-4-6-19(14-20)23(29)27-24-26-21(15-32-24)17-9-11-25-12-10-17/h2-12,14-16H,13H2,1H3,(H,26,27,29). The number of benzene rings is 2. The Morgan fingerprint density at radius 1 is 1.09 bits per heavy atom. The average Bonchev–Trinajstić information content (AvgIpc) is 3.43. The fraction of sp³-hybridized carbons (Fsp3) is 0.125. The molecule has 1 amide bonds. The molecule has 166 valence electrons. The third-order valence-corrected chi connectivity index (χ3v) is 8.18. The van der Waals surface area contributed by atoms with Gasteiger partial charge in [0.05, 0.1) is 16.3 Å². The Balaban J connectivity index is 1.39. The monoisotopic (exact) mass is 476 g/mol. The highest BCUT2D eigenvalue weighted by molar-refractivity contribution is 7.92. The molecule has 3 heterocycles. The van der Waals surface area contributed by atoms with E-state index < -0.39 is 15.9 Å². The number of rotatable bonds is 5. The molecule has 0 saturated heterocycles. The summed E-state index contributed by atoms with van der Waals surface area (Å²) >= 11 is 1.30. The van der Waals surface area contributed by atoms with E-state index in [0.717, 1.165) is 16.8 Å². The maximum absolute atomic E-state index is 13.5. The summed E-state index contributed by atoms with van der Waals surface area (Å²) < 4.78 is 28.4. The summed E-state index contributed by atoms with van der Waals surface area (Å²) in [6.45, 7) is 1.89. The number of hydrogen-bond acceptors (Lipinski definition) is 6. The molecule has 4 aromatic rings. The number of thiazole rings is 1. The Bertz CT molecular complexity index is 1430. The molecule has 7 nitrogen and oxygen atoms in total. The van der Waals surface area contributed by atoms with Gasteiger partial charge in [-0.3, -0.25) is 19.4 Å². The summed E-state index contributed by atoms with van der Waals surface area (Å²) in [4.78, 5) is 21.4. The number of nitrogens with one attached hydrogen (secondary N) is 1. The Kier molecular flexibility index (Phi) is 5.43. The van der Waals surface area contributed by atoms with Gasteiger partial charge in [-0.1, -0.05) is 24.3 Å². The molecule has 1 atom stereocenters. The van der Waals surface area contributed by atoms with Crippen molar-refractivity contribution < 1.29 is 13.2 Å². The molecule has 0 bridgehead atoms. The Morgan fingerprint density at radius 2 is 1.88 bits per heavy atom. The van der Waals surface area contributed by atoms with Crippen molar-refractivity contribution in [3.8, 4) is 11.3 Å². The normalized spacial score (nSPS) is 15.3. The molecule has 2 aromatic heterocycles. The fourth-order valence-corrected chi connectivity index (χ4v) is 6.42. The maximum atomic E-state index is 13.5. The highest BCUT2D eigenvalue weighted by Gasteiger charge is 2.36. The number of sulfonamides is 1. The Morgan fingerprint density at radius 3 is 2.70 bits per heavy atom. The number of para-hydroxylation sites is 1. The minimum atomic E-state index is -3.83. The lowest BCUT2D eigenvalue weighted by Crippen LogP contribution is -2.35. The van der Waals surface area contributed by atoms with Crippen LogP contribution in [0, 0.1) is 0 Å². The third kappa shape index (κ3) is 4.01. The molecule has 0 spiro atoms. The van der Waals surface area contributed by atoms with Crippen LogP contribution >= 0.6 is 11.3 Å². The van der Waals surface area contributed by atoms with Crippen LogP contribution in [0.3, 0.4) is 0 Å². The van der Waals surface area contributed by atoms with Gasteiger partial charge in [-0.25, -0.2) is 13.4 Å². The van der Waals surface area contributed by atoms with Gasteiger partial charge in [0.2, 0.25) is 0 Å². The van der Waals surface area contributed by atoms with Crippen LogP contribution in [0.5, 0.6) is 0 Å². The zero-order valence-electron chi connectivity index (χ0n) is 17.7. The number of aromatic nitrogens is 2. The SMILES string of the molecule is CC1Cc2ccccc2N1S(=O)(=O)c1cccc(C(=O)Nc2nc(-c3ccncc3)cs2)c1. The first-order valence-corrected chi connectivity index (χ1v) is 12.6. The lowest BCUT2D eigenvalue weighted by atomic mass is 10.1. The summed E-state index contributed by atoms with van der Waals surface area (Å²) in [5.74, 6) is -0.419. The lowest BCUT2D eigenvalue weighted by Gasteiger charge is -2.24. The molecular formula is C24H20N4O3S2. The summed E-state index contributed by atoms with van der Waals surface area (Å²) in [5, 5.41) is 5.04. The van der Waals surface area contributed by atoms with Gasteiger partial charge in [0.25, 0.3) is 15.9 Å². The van der Waals surface area contributed by atoms with Crippen LogP contribution in [0.25, 0.3) is 11.3 Å². The number of anilines is 2. The quantitative estimate of drug-likeness (QED) is 0.455. The van der Waals surface area contributed by atoms with E-state index in [2.05, 4.69) is 15.3 Å². The third-order valence-electron chi connectivity index (χ3n) is 5.50. The van der Waals surface area contributed by atoms with Crippen molar-refractivity contribution in [2.45, 2.75) is 24.3 Å². The predicted octanol–water partition coefficient (Wildman–Crippen LogP) is 4.60. The molecule has 0 fully saturated rings. The summed E-state index contributed by atoms with van der Waals surface area (Å²) in [6, 6.07) is 17.1. The van der Waals surface area contributed by atoms with Crippen molar-refractivity contribution in [3.05, 3.63) is 89.6 Å². The van der Waals surface area contributed by atoms with Crippen molar-refractivity contribution in [3.63, 3.8) is 0 Å². The number of nitrogens with zero attached hydrogens (tertiary/aromatic N) is 3. The number of hydrogen-bond donors (Lipinski definition) is 1. The second kappa shape index (κ2) is 8.42. The molecule has 1 N–H and O–H groups in total. The van der Waals surface area contributed by atoms with Gasteiger partial charge in [-0.15, -0.1) is 11.3 Å². The molecule has 1 unspecified atom stereocenters. The summed E-state index contributed by atoms with van der Waals surface area (Å²) in [6.07, 6.45) is 4.01. The van der Waals surface area contributed by atoms with Crippen LogP contribution in [0.2, 0.25) is 0 Å². The van der Waals surface area contributed by atoms with Crippen molar-refractivity contribution in [2.24, 2.45) is 0 Å². The fourth-order valence-electron chi connectivity index (χ4n) is 3.97. The van der Waals surface area contributed by atoms with E-state index in [-0.39, 0.29) is 16.5 Å². The molecule has 0 saturated carbocycles. The van der Waals surface area contributed by atoms with E-state index in [1.54, 1.807) is 24.5 Å². The molecule has 1 aliphatic heterocycles. The highest BCUT2D eigenvalue weighted by atomic mass is 32.2. The van der Waals surface area contributed by atoms with Gasteiger partial charge in [0.1, 0.15) is 0 Å². The number of fused-ring (bicyclic) bond motifs is 1. The molecular weight excluding hydrogens is 456 g/mol. The van der Waals surface area contributed by atoms with Gasteiger partial charge in [0.15, 0.2) is 5.13 Å². The maximum Gasteiger partial charge on any atom is 0.264 e. The zero-order chi connectivity index (χ0) is 23.0. The molecule has 9 heteroatoms. The van der Waals surface area contributed by atoms with Crippen LogP contribution in [0.15, 0.2) is 83.3 Å². The average molecular weight is 477 g/mol. The van der Waals surface area contributed by atoms with Crippen molar-refractivity contribution in [1.29, 1.82) is 0 Å². The van der Waals surface area contributed by atoms with Crippen molar-refractivity contribution in [2.75, 3.05) is 9.62 Å². The minimum absolute atomic E-state index is 0.0790. The predicted molar refractivity (Wildman–Crippen MR) is 129 cm³/mol. The van der Waals surface area contributed by atoms with Gasteiger partial charge in [-0.05, 0) is 55.3 Å². The zero-order valence-corrected chi connectivity index (χ0v) is 19.3. The van der Waals surface area contributed by atoms with E-state index in [1.807, 2.05) is 48.7 Å². The largest absolute Gasteiger partial charge is 0.298 e. The Hall–Kier alpha value is -3.56. The smallest absolute Gasteiger partial charge is 0.264 e. The van der Waals surface area contributed by atoms with Gasteiger partial charge < -0.3 is 0 Å². The van der Waals surface area contributed by atoms with Gasteiger partial charge in [0, 0.05) is 34.9 Å². The van der Waals surface area contributed by atoms with Crippen LogP contribution in [-0.4, -0.2) is 30.3 Å². The van der Waals surface area contributed by atoms with Crippen LogP contribution in [-0.2, 0) is 16.4 Å². The van der Waals surface area contributed by atoms with Gasteiger partial charge >= 0.3 is 0 Å². The molecule has 0 radical (unpaired) electrons. The Labute approximate surface area is 195 Å². The van der Waals surface area contributed by atoms with E-state index in [9.17, 15) is 13.2 Å². The van der Waals surface area contributed by atoms with E-state index in [0.29, 0.717) is 17.2 Å².